The molecule has 5 nitrogen and oxygen atoms in total. The van der Waals surface area contributed by atoms with Gasteiger partial charge in [-0.25, -0.2) is 4.79 Å². The summed E-state index contributed by atoms with van der Waals surface area (Å²) in [4.78, 5) is 10.6. The van der Waals surface area contributed by atoms with E-state index in [1.54, 1.807) is 19.1 Å². The van der Waals surface area contributed by atoms with E-state index in [1.807, 2.05) is 0 Å². The zero-order valence-electron chi connectivity index (χ0n) is 9.58. The number of benzene rings is 1. The fourth-order valence-electron chi connectivity index (χ4n) is 1.28. The first kappa shape index (κ1) is 13.7. The van der Waals surface area contributed by atoms with Crippen molar-refractivity contribution >= 4 is 16.1 Å². The van der Waals surface area contributed by atoms with E-state index in [9.17, 15) is 13.2 Å². The molecule has 0 radical (unpaired) electrons. The maximum atomic E-state index is 10.8. The van der Waals surface area contributed by atoms with Crippen LogP contribution < -0.4 is 0 Å². The number of rotatable bonds is 5. The first-order chi connectivity index (χ1) is 7.79. The topological polar surface area (TPSA) is 80.7 Å². The summed E-state index contributed by atoms with van der Waals surface area (Å²) in [6, 6.07) is 6.27. The van der Waals surface area contributed by atoms with Gasteiger partial charge in [-0.1, -0.05) is 19.1 Å². The Bertz CT molecular complexity index is 489. The maximum Gasteiger partial charge on any atom is 0.335 e. The second-order valence-corrected chi connectivity index (χ2v) is 5.46. The van der Waals surface area contributed by atoms with Gasteiger partial charge in [-0.15, -0.1) is 0 Å². The van der Waals surface area contributed by atoms with E-state index in [1.165, 1.54) is 12.1 Å². The van der Waals surface area contributed by atoms with Gasteiger partial charge in [-0.2, -0.15) is 8.42 Å². The molecule has 1 atom stereocenters. The van der Waals surface area contributed by atoms with Gasteiger partial charge in [0.25, 0.3) is 10.1 Å². The Labute approximate surface area is 100 Å². The average Bonchev–Trinajstić information content (AvgIpc) is 2.25. The smallest absolute Gasteiger partial charge is 0.335 e. The molecule has 1 unspecified atom stereocenters. The van der Waals surface area contributed by atoms with Gasteiger partial charge in [0.2, 0.25) is 0 Å². The van der Waals surface area contributed by atoms with Crippen LogP contribution in [0.4, 0.5) is 0 Å². The summed E-state index contributed by atoms with van der Waals surface area (Å²) in [6.07, 6.45) is 0.993. The molecule has 1 rings (SSSR count). The summed E-state index contributed by atoms with van der Waals surface area (Å²) < 4.78 is 26.3. The van der Waals surface area contributed by atoms with E-state index in [4.69, 9.17) is 5.11 Å². The van der Waals surface area contributed by atoms with Crippen LogP contribution in [0.5, 0.6) is 0 Å². The van der Waals surface area contributed by atoms with E-state index in [-0.39, 0.29) is 18.1 Å². The molecule has 0 amide bonds. The van der Waals surface area contributed by atoms with Crippen LogP contribution in [-0.4, -0.2) is 32.4 Å². The van der Waals surface area contributed by atoms with Crippen LogP contribution in [0.25, 0.3) is 0 Å². The molecule has 6 heteroatoms. The van der Waals surface area contributed by atoms with Gasteiger partial charge in [0.15, 0.2) is 0 Å². The van der Waals surface area contributed by atoms with E-state index < -0.39 is 16.1 Å². The molecule has 0 aromatic heterocycles. The lowest BCUT2D eigenvalue weighted by Gasteiger charge is -2.11. The monoisotopic (exact) mass is 258 g/mol. The highest BCUT2D eigenvalue weighted by molar-refractivity contribution is 7.85. The molecule has 0 saturated heterocycles. The molecular formula is C11H14O5S. The summed E-state index contributed by atoms with van der Waals surface area (Å²) >= 11 is 0. The predicted octanol–water partition coefficient (Wildman–Crippen LogP) is 1.46. The number of aromatic carboxylic acids is 1. The van der Waals surface area contributed by atoms with Crippen molar-refractivity contribution < 1.29 is 22.5 Å². The molecule has 0 aliphatic carbocycles. The lowest BCUT2D eigenvalue weighted by Crippen LogP contribution is -2.10. The summed E-state index contributed by atoms with van der Waals surface area (Å²) in [5.41, 5.74) is 1.03. The zero-order chi connectivity index (χ0) is 13.1. The third-order valence-electron chi connectivity index (χ3n) is 2.26. The molecule has 1 aromatic carbocycles. The number of hydrogen-bond donors (Lipinski definition) is 1. The third-order valence-corrected chi connectivity index (χ3v) is 2.82. The van der Waals surface area contributed by atoms with Gasteiger partial charge >= 0.3 is 5.97 Å². The summed E-state index contributed by atoms with van der Waals surface area (Å²) in [7, 11) is -3.44. The number of hydrogen-bond acceptors (Lipinski definition) is 4. The highest BCUT2D eigenvalue weighted by Crippen LogP contribution is 2.17. The van der Waals surface area contributed by atoms with E-state index in [0.717, 1.165) is 11.8 Å². The molecule has 0 bridgehead atoms. The van der Waals surface area contributed by atoms with Gasteiger partial charge in [-0.05, 0) is 17.7 Å². The van der Waals surface area contributed by atoms with Crippen molar-refractivity contribution in [1.29, 1.82) is 0 Å². The Morgan fingerprint density at radius 1 is 1.35 bits per heavy atom. The molecule has 0 heterocycles. The highest BCUT2D eigenvalue weighted by Gasteiger charge is 2.10. The minimum atomic E-state index is -3.44. The summed E-state index contributed by atoms with van der Waals surface area (Å²) in [6.45, 7) is 1.85. The Hall–Kier alpha value is -1.40. The van der Waals surface area contributed by atoms with Crippen LogP contribution in [0.1, 0.15) is 28.8 Å². The van der Waals surface area contributed by atoms with Gasteiger partial charge in [0.1, 0.15) is 0 Å². The summed E-state index contributed by atoms with van der Waals surface area (Å²) in [5.74, 6) is -1.11. The SMILES string of the molecule is CC(COS(C)(=O)=O)c1ccc(C(=O)O)cc1. The quantitative estimate of drug-likeness (QED) is 0.809. The highest BCUT2D eigenvalue weighted by atomic mass is 32.2. The van der Waals surface area contributed by atoms with Crippen molar-refractivity contribution in [2.24, 2.45) is 0 Å². The summed E-state index contributed by atoms with van der Waals surface area (Å²) in [5, 5.41) is 8.72. The van der Waals surface area contributed by atoms with Gasteiger partial charge in [0.05, 0.1) is 18.4 Å². The second-order valence-electron chi connectivity index (χ2n) is 3.82. The molecule has 1 aromatic rings. The van der Waals surface area contributed by atoms with Crippen LogP contribution in [-0.2, 0) is 14.3 Å². The molecule has 0 saturated carbocycles. The van der Waals surface area contributed by atoms with Crippen molar-refractivity contribution in [1.82, 2.24) is 0 Å². The van der Waals surface area contributed by atoms with Gasteiger partial charge < -0.3 is 5.11 Å². The van der Waals surface area contributed by atoms with Crippen LogP contribution in [0.2, 0.25) is 0 Å². The van der Waals surface area contributed by atoms with Gasteiger partial charge in [0, 0.05) is 5.92 Å². The zero-order valence-corrected chi connectivity index (χ0v) is 10.4. The fraction of sp³-hybridized carbons (Fsp3) is 0.364. The van der Waals surface area contributed by atoms with Crippen LogP contribution in [0, 0.1) is 0 Å². The predicted molar refractivity (Wildman–Crippen MR) is 62.6 cm³/mol. The van der Waals surface area contributed by atoms with Crippen molar-refractivity contribution in [2.45, 2.75) is 12.8 Å². The standard InChI is InChI=1S/C11H14O5S/c1-8(7-16-17(2,14)15)9-3-5-10(6-4-9)11(12)13/h3-6,8H,7H2,1-2H3,(H,12,13). The molecule has 0 aliphatic heterocycles. The molecule has 0 aliphatic rings. The van der Waals surface area contributed by atoms with Crippen molar-refractivity contribution in [2.75, 3.05) is 12.9 Å². The average molecular weight is 258 g/mol. The molecule has 0 fully saturated rings. The first-order valence-electron chi connectivity index (χ1n) is 4.97. The Morgan fingerprint density at radius 2 is 1.88 bits per heavy atom. The fourth-order valence-corrected chi connectivity index (χ4v) is 1.73. The maximum absolute atomic E-state index is 10.8. The first-order valence-corrected chi connectivity index (χ1v) is 6.79. The Balaban J connectivity index is 2.70. The van der Waals surface area contributed by atoms with E-state index >= 15 is 0 Å². The molecular weight excluding hydrogens is 244 g/mol. The van der Waals surface area contributed by atoms with Crippen LogP contribution in [0.15, 0.2) is 24.3 Å². The van der Waals surface area contributed by atoms with Crippen LogP contribution >= 0.6 is 0 Å². The molecule has 0 spiro atoms. The number of carbonyl (C=O) groups is 1. The van der Waals surface area contributed by atoms with E-state index in [2.05, 4.69) is 4.18 Å². The third kappa shape index (κ3) is 4.54. The normalized spacial score (nSPS) is 13.3. The van der Waals surface area contributed by atoms with Crippen molar-refractivity contribution in [3.63, 3.8) is 0 Å². The number of carboxylic acid groups (broad SMARTS) is 1. The Morgan fingerprint density at radius 3 is 2.29 bits per heavy atom. The van der Waals surface area contributed by atoms with Crippen molar-refractivity contribution in [3.05, 3.63) is 35.4 Å². The number of carboxylic acids is 1. The minimum Gasteiger partial charge on any atom is -0.478 e. The van der Waals surface area contributed by atoms with Crippen molar-refractivity contribution in [3.8, 4) is 0 Å². The molecule has 1 N–H and O–H groups in total. The lowest BCUT2D eigenvalue weighted by molar-refractivity contribution is 0.0697. The molecule has 94 valence electrons. The molecule has 17 heavy (non-hydrogen) atoms. The van der Waals surface area contributed by atoms with E-state index in [0.29, 0.717) is 0 Å². The van der Waals surface area contributed by atoms with Gasteiger partial charge in [-0.3, -0.25) is 4.18 Å². The lowest BCUT2D eigenvalue weighted by atomic mass is 10.0. The second kappa shape index (κ2) is 5.29. The minimum absolute atomic E-state index is 0.0469. The largest absolute Gasteiger partial charge is 0.478 e. The van der Waals surface area contributed by atoms with Crippen LogP contribution in [0.3, 0.4) is 0 Å². The Kier molecular flexibility index (Phi) is 4.25.